The molecular weight excluding hydrogens is 278 g/mol. The van der Waals surface area contributed by atoms with Gasteiger partial charge in [0.2, 0.25) is 0 Å². The topological polar surface area (TPSA) is 35.2 Å². The number of thiocarbonyl (C=S) groups is 1. The second kappa shape index (κ2) is 13.4. The van der Waals surface area contributed by atoms with Crippen LogP contribution in [0.3, 0.4) is 0 Å². The van der Waals surface area contributed by atoms with E-state index < -0.39 is 0 Å². The molecule has 0 saturated carbocycles. The van der Waals surface area contributed by atoms with Crippen LogP contribution in [0.25, 0.3) is 0 Å². The van der Waals surface area contributed by atoms with Crippen LogP contribution in [0, 0.1) is 11.8 Å². The predicted octanol–water partition coefficient (Wildman–Crippen LogP) is 5.83. The van der Waals surface area contributed by atoms with Crippen molar-refractivity contribution in [3.8, 4) is 0 Å². The molecule has 21 heavy (non-hydrogen) atoms. The van der Waals surface area contributed by atoms with Gasteiger partial charge >= 0.3 is 0 Å². The SMILES string of the molecule is CCCCCCCCCC(OC(N)=S)C(CC)CC(C)C. The Hall–Kier alpha value is -0.310. The Labute approximate surface area is 138 Å². The van der Waals surface area contributed by atoms with Crippen LogP contribution < -0.4 is 5.73 Å². The van der Waals surface area contributed by atoms with Crippen LogP contribution in [0.15, 0.2) is 0 Å². The minimum atomic E-state index is 0.213. The van der Waals surface area contributed by atoms with Crippen molar-refractivity contribution in [3.05, 3.63) is 0 Å². The molecule has 0 amide bonds. The fourth-order valence-corrected chi connectivity index (χ4v) is 3.15. The third-order valence-electron chi connectivity index (χ3n) is 4.18. The van der Waals surface area contributed by atoms with E-state index >= 15 is 0 Å². The fourth-order valence-electron chi connectivity index (χ4n) is 3.03. The molecule has 0 aromatic heterocycles. The van der Waals surface area contributed by atoms with Crippen LogP contribution in [0.2, 0.25) is 0 Å². The predicted molar refractivity (Wildman–Crippen MR) is 97.5 cm³/mol. The second-order valence-corrected chi connectivity index (χ2v) is 7.09. The molecule has 0 heterocycles. The van der Waals surface area contributed by atoms with E-state index in [9.17, 15) is 0 Å². The first-order valence-corrected chi connectivity index (χ1v) is 9.38. The molecule has 0 saturated heterocycles. The summed E-state index contributed by atoms with van der Waals surface area (Å²) < 4.78 is 5.76. The van der Waals surface area contributed by atoms with E-state index in [-0.39, 0.29) is 11.3 Å². The molecule has 0 spiro atoms. The Bertz CT molecular complexity index is 256. The number of ether oxygens (including phenoxy) is 1. The van der Waals surface area contributed by atoms with Crippen LogP contribution in [0.1, 0.15) is 91.9 Å². The van der Waals surface area contributed by atoms with E-state index in [0.29, 0.717) is 11.8 Å². The molecule has 2 atom stereocenters. The number of rotatable bonds is 13. The fraction of sp³-hybridized carbons (Fsp3) is 0.944. The number of hydrogen-bond donors (Lipinski definition) is 1. The smallest absolute Gasteiger partial charge is 0.254 e. The zero-order chi connectivity index (χ0) is 16.1. The highest BCUT2D eigenvalue weighted by molar-refractivity contribution is 7.80. The maximum atomic E-state index is 5.76. The Kier molecular flexibility index (Phi) is 13.2. The first-order chi connectivity index (χ1) is 10.0. The van der Waals surface area contributed by atoms with Crippen molar-refractivity contribution in [2.24, 2.45) is 17.6 Å². The van der Waals surface area contributed by atoms with Gasteiger partial charge in [0.15, 0.2) is 0 Å². The highest BCUT2D eigenvalue weighted by Gasteiger charge is 2.22. The molecule has 0 bridgehead atoms. The van der Waals surface area contributed by atoms with Crippen LogP contribution >= 0.6 is 12.2 Å². The lowest BCUT2D eigenvalue weighted by Crippen LogP contribution is -2.30. The van der Waals surface area contributed by atoms with Gasteiger partial charge in [-0.3, -0.25) is 0 Å². The van der Waals surface area contributed by atoms with E-state index in [1.165, 1.54) is 51.4 Å². The molecule has 3 heteroatoms. The zero-order valence-corrected chi connectivity index (χ0v) is 15.5. The van der Waals surface area contributed by atoms with Crippen LogP contribution in [0.4, 0.5) is 0 Å². The van der Waals surface area contributed by atoms with E-state index in [4.69, 9.17) is 22.7 Å². The first-order valence-electron chi connectivity index (χ1n) is 8.97. The van der Waals surface area contributed by atoms with Crippen LogP contribution in [-0.2, 0) is 4.74 Å². The molecule has 2 nitrogen and oxygen atoms in total. The van der Waals surface area contributed by atoms with Gasteiger partial charge in [-0.2, -0.15) is 0 Å². The van der Waals surface area contributed by atoms with E-state index in [0.717, 1.165) is 12.8 Å². The van der Waals surface area contributed by atoms with Gasteiger partial charge in [0.25, 0.3) is 5.17 Å². The maximum absolute atomic E-state index is 5.76. The minimum absolute atomic E-state index is 0.213. The van der Waals surface area contributed by atoms with Crippen molar-refractivity contribution in [1.29, 1.82) is 0 Å². The summed E-state index contributed by atoms with van der Waals surface area (Å²) >= 11 is 4.96. The third-order valence-corrected chi connectivity index (χ3v) is 4.28. The highest BCUT2D eigenvalue weighted by atomic mass is 32.1. The molecule has 0 aliphatic heterocycles. The number of nitrogens with two attached hydrogens (primary N) is 1. The molecule has 126 valence electrons. The van der Waals surface area contributed by atoms with Gasteiger partial charge in [-0.25, -0.2) is 0 Å². The van der Waals surface area contributed by atoms with Gasteiger partial charge in [0, 0.05) is 0 Å². The Morgan fingerprint density at radius 1 is 1.00 bits per heavy atom. The Morgan fingerprint density at radius 2 is 1.57 bits per heavy atom. The summed E-state index contributed by atoms with van der Waals surface area (Å²) in [6.45, 7) is 9.05. The summed E-state index contributed by atoms with van der Waals surface area (Å²) in [4.78, 5) is 0. The van der Waals surface area contributed by atoms with Crippen molar-refractivity contribution in [1.82, 2.24) is 0 Å². The minimum Gasteiger partial charge on any atom is -0.468 e. The molecule has 2 N–H and O–H groups in total. The van der Waals surface area contributed by atoms with Crippen LogP contribution in [-0.4, -0.2) is 11.3 Å². The standard InChI is InChI=1S/C18H37NOS/c1-5-7-8-9-10-11-12-13-17(20-18(19)21)16(6-2)14-15(3)4/h15-17H,5-14H2,1-4H3,(H2,19,21). The van der Waals surface area contributed by atoms with Crippen molar-refractivity contribution < 1.29 is 4.74 Å². The van der Waals surface area contributed by atoms with Crippen molar-refractivity contribution in [3.63, 3.8) is 0 Å². The quantitative estimate of drug-likeness (QED) is 0.343. The second-order valence-electron chi connectivity index (χ2n) is 6.68. The zero-order valence-electron chi connectivity index (χ0n) is 14.7. The average Bonchev–Trinajstić information content (AvgIpc) is 2.42. The number of unbranched alkanes of at least 4 members (excludes halogenated alkanes) is 6. The molecule has 0 aromatic rings. The molecule has 0 aromatic carbocycles. The molecular formula is C18H37NOS. The summed E-state index contributed by atoms with van der Waals surface area (Å²) in [5, 5.41) is 0.213. The lowest BCUT2D eigenvalue weighted by molar-refractivity contribution is 0.0956. The van der Waals surface area contributed by atoms with Crippen LogP contribution in [0.5, 0.6) is 0 Å². The number of hydrogen-bond acceptors (Lipinski definition) is 2. The summed E-state index contributed by atoms with van der Waals surface area (Å²) in [5.41, 5.74) is 5.61. The first kappa shape index (κ1) is 20.7. The van der Waals surface area contributed by atoms with Gasteiger partial charge in [0.05, 0.1) is 0 Å². The molecule has 0 rings (SSSR count). The Morgan fingerprint density at radius 3 is 2.05 bits per heavy atom. The van der Waals surface area contributed by atoms with E-state index in [2.05, 4.69) is 27.7 Å². The summed E-state index contributed by atoms with van der Waals surface area (Å²) in [5.74, 6) is 1.27. The van der Waals surface area contributed by atoms with Gasteiger partial charge in [-0.1, -0.05) is 66.2 Å². The molecule has 2 unspecified atom stereocenters. The molecule has 0 fully saturated rings. The highest BCUT2D eigenvalue weighted by Crippen LogP contribution is 2.25. The Balaban J connectivity index is 4.07. The lowest BCUT2D eigenvalue weighted by Gasteiger charge is -2.28. The largest absolute Gasteiger partial charge is 0.468 e. The third kappa shape index (κ3) is 12.0. The van der Waals surface area contributed by atoms with Gasteiger partial charge in [-0.05, 0) is 49.7 Å². The summed E-state index contributed by atoms with van der Waals surface area (Å²) in [6.07, 6.45) is 13.0. The average molecular weight is 316 g/mol. The maximum Gasteiger partial charge on any atom is 0.254 e. The normalized spacial score (nSPS) is 14.1. The van der Waals surface area contributed by atoms with E-state index in [1.54, 1.807) is 0 Å². The molecule has 0 aliphatic carbocycles. The van der Waals surface area contributed by atoms with E-state index in [1.807, 2.05) is 0 Å². The monoisotopic (exact) mass is 315 g/mol. The van der Waals surface area contributed by atoms with Crippen molar-refractivity contribution in [2.45, 2.75) is 98.0 Å². The van der Waals surface area contributed by atoms with Gasteiger partial charge in [0.1, 0.15) is 6.10 Å². The van der Waals surface area contributed by atoms with Crippen molar-refractivity contribution in [2.75, 3.05) is 0 Å². The van der Waals surface area contributed by atoms with Gasteiger partial charge < -0.3 is 10.5 Å². The van der Waals surface area contributed by atoms with Gasteiger partial charge in [-0.15, -0.1) is 0 Å². The molecule has 0 radical (unpaired) electrons. The molecule has 0 aliphatic rings. The summed E-state index contributed by atoms with van der Waals surface area (Å²) in [6, 6.07) is 0. The summed E-state index contributed by atoms with van der Waals surface area (Å²) in [7, 11) is 0. The van der Waals surface area contributed by atoms with Crippen molar-refractivity contribution >= 4 is 17.4 Å². The lowest BCUT2D eigenvalue weighted by atomic mass is 9.87.